The molecule has 1 aliphatic rings. The van der Waals surface area contributed by atoms with Crippen molar-refractivity contribution in [2.45, 2.75) is 25.8 Å². The summed E-state index contributed by atoms with van der Waals surface area (Å²) in [5, 5.41) is 0. The third-order valence-corrected chi connectivity index (χ3v) is 5.84. The number of piperazine rings is 1. The molecule has 0 spiro atoms. The fourth-order valence-corrected chi connectivity index (χ4v) is 3.93. The highest BCUT2D eigenvalue weighted by molar-refractivity contribution is 5.48. The van der Waals surface area contributed by atoms with E-state index >= 15 is 0 Å². The lowest BCUT2D eigenvalue weighted by Crippen LogP contribution is -3.29. The van der Waals surface area contributed by atoms with Crippen molar-refractivity contribution in [1.29, 1.82) is 0 Å². The van der Waals surface area contributed by atoms with E-state index in [1.165, 1.54) is 43.7 Å². The summed E-state index contributed by atoms with van der Waals surface area (Å²) in [5.41, 5.74) is 2.71. The average molecular weight is 367 g/mol. The van der Waals surface area contributed by atoms with Crippen LogP contribution < -0.4 is 14.5 Å². The maximum Gasteiger partial charge on any atom is 0.127 e. The second kappa shape index (κ2) is 10.3. The number of benzene rings is 2. The van der Waals surface area contributed by atoms with Crippen molar-refractivity contribution in [3.8, 4) is 5.75 Å². The van der Waals surface area contributed by atoms with Crippen LogP contribution in [0.4, 0.5) is 0 Å². The number of ether oxygens (including phenoxy) is 1. The second-order valence-electron chi connectivity index (χ2n) is 7.71. The van der Waals surface area contributed by atoms with Gasteiger partial charge in [0.2, 0.25) is 0 Å². The van der Waals surface area contributed by atoms with Crippen LogP contribution in [0.25, 0.3) is 6.08 Å². The van der Waals surface area contributed by atoms with Crippen LogP contribution >= 0.6 is 0 Å². The Hall–Kier alpha value is -2.10. The van der Waals surface area contributed by atoms with E-state index in [0.717, 1.165) is 24.8 Å². The third kappa shape index (κ3) is 6.23. The molecule has 0 saturated carbocycles. The number of quaternary nitrogens is 2. The van der Waals surface area contributed by atoms with Crippen LogP contribution in [-0.4, -0.2) is 45.9 Å². The van der Waals surface area contributed by atoms with Gasteiger partial charge in [0.1, 0.15) is 31.9 Å². The van der Waals surface area contributed by atoms with Crippen molar-refractivity contribution in [1.82, 2.24) is 0 Å². The van der Waals surface area contributed by atoms with Gasteiger partial charge in [0.15, 0.2) is 0 Å². The summed E-state index contributed by atoms with van der Waals surface area (Å²) in [6.45, 7) is 8.70. The maximum atomic E-state index is 5.24. The van der Waals surface area contributed by atoms with Crippen molar-refractivity contribution < 1.29 is 14.5 Å². The molecule has 3 heteroatoms. The van der Waals surface area contributed by atoms with Gasteiger partial charge >= 0.3 is 0 Å². The Morgan fingerprint density at radius 1 is 0.963 bits per heavy atom. The molecule has 0 unspecified atom stereocenters. The molecule has 1 saturated heterocycles. The van der Waals surface area contributed by atoms with Crippen LogP contribution in [0.5, 0.6) is 5.75 Å². The lowest BCUT2D eigenvalue weighted by atomic mass is 10.0. The summed E-state index contributed by atoms with van der Waals surface area (Å²) < 4.78 is 5.24. The van der Waals surface area contributed by atoms with E-state index in [-0.39, 0.29) is 0 Å². The van der Waals surface area contributed by atoms with Crippen LogP contribution in [0, 0.1) is 0 Å². The Bertz CT molecular complexity index is 688. The van der Waals surface area contributed by atoms with Gasteiger partial charge in [-0.1, -0.05) is 48.5 Å². The van der Waals surface area contributed by atoms with Crippen molar-refractivity contribution in [2.75, 3.05) is 39.8 Å². The molecule has 27 heavy (non-hydrogen) atoms. The zero-order valence-electron chi connectivity index (χ0n) is 16.8. The minimum absolute atomic E-state index is 0.730. The summed E-state index contributed by atoms with van der Waals surface area (Å²) in [7, 11) is 1.72. The summed E-state index contributed by atoms with van der Waals surface area (Å²) in [6, 6.07) is 19.9. The van der Waals surface area contributed by atoms with Gasteiger partial charge in [-0.25, -0.2) is 0 Å². The number of rotatable bonds is 8. The van der Waals surface area contributed by atoms with Crippen LogP contribution in [0.1, 0.15) is 24.5 Å². The van der Waals surface area contributed by atoms with E-state index in [0.29, 0.717) is 0 Å². The van der Waals surface area contributed by atoms with Gasteiger partial charge in [-0.2, -0.15) is 0 Å². The molecule has 1 aliphatic heterocycles. The normalized spacial score (nSPS) is 21.3. The van der Waals surface area contributed by atoms with Crippen molar-refractivity contribution >= 4 is 6.08 Å². The topological polar surface area (TPSA) is 18.1 Å². The summed E-state index contributed by atoms with van der Waals surface area (Å²) >= 11 is 0. The molecule has 0 aromatic heterocycles. The van der Waals surface area contributed by atoms with E-state index in [1.807, 2.05) is 0 Å². The van der Waals surface area contributed by atoms with Crippen molar-refractivity contribution in [2.24, 2.45) is 0 Å². The molecule has 3 nitrogen and oxygen atoms in total. The van der Waals surface area contributed by atoms with E-state index in [4.69, 9.17) is 4.74 Å². The average Bonchev–Trinajstić information content (AvgIpc) is 2.73. The lowest BCUT2D eigenvalue weighted by Gasteiger charge is -2.33. The van der Waals surface area contributed by atoms with E-state index in [2.05, 4.69) is 73.7 Å². The van der Waals surface area contributed by atoms with Gasteiger partial charge in [0.05, 0.1) is 19.7 Å². The molecule has 1 fully saturated rings. The quantitative estimate of drug-likeness (QED) is 0.725. The smallest absolute Gasteiger partial charge is 0.127 e. The first-order valence-electron chi connectivity index (χ1n) is 10.3. The number of nitrogens with one attached hydrogen (secondary N) is 2. The number of hydrogen-bond acceptors (Lipinski definition) is 1. The van der Waals surface area contributed by atoms with Crippen LogP contribution in [0.3, 0.4) is 0 Å². The number of aryl methyl sites for hydroxylation is 1. The van der Waals surface area contributed by atoms with Crippen LogP contribution in [-0.2, 0) is 6.42 Å². The largest absolute Gasteiger partial charge is 0.497 e. The fraction of sp³-hybridized carbons (Fsp3) is 0.417. The third-order valence-electron chi connectivity index (χ3n) is 5.84. The zero-order valence-corrected chi connectivity index (χ0v) is 16.8. The Morgan fingerprint density at radius 2 is 1.67 bits per heavy atom. The van der Waals surface area contributed by atoms with Gasteiger partial charge < -0.3 is 14.5 Å². The Labute approximate surface area is 164 Å². The molecule has 2 aromatic carbocycles. The van der Waals surface area contributed by atoms with Gasteiger partial charge in [-0.05, 0) is 42.7 Å². The Morgan fingerprint density at radius 3 is 2.33 bits per heavy atom. The first-order chi connectivity index (χ1) is 13.2. The first-order valence-corrected chi connectivity index (χ1v) is 10.3. The molecule has 0 aliphatic carbocycles. The Kier molecular flexibility index (Phi) is 7.49. The molecule has 1 heterocycles. The molecule has 2 N–H and O–H groups in total. The number of hydrogen-bond donors (Lipinski definition) is 2. The first kappa shape index (κ1) is 19.7. The molecule has 0 radical (unpaired) electrons. The summed E-state index contributed by atoms with van der Waals surface area (Å²) in [5.74, 6) is 0.942. The Balaban J connectivity index is 1.37. The molecule has 0 amide bonds. The van der Waals surface area contributed by atoms with Crippen molar-refractivity contribution in [3.63, 3.8) is 0 Å². The highest BCUT2D eigenvalue weighted by atomic mass is 16.5. The molecule has 2 aromatic rings. The highest BCUT2D eigenvalue weighted by Crippen LogP contribution is 2.12. The van der Waals surface area contributed by atoms with Gasteiger partial charge in [0, 0.05) is 6.42 Å². The van der Waals surface area contributed by atoms with E-state index in [9.17, 15) is 0 Å². The SMILES string of the molecule is COc1ccc(CC[C@@H](C)[NH+]2CC[NH+](C/C=C/c3ccccc3)CC2)cc1. The van der Waals surface area contributed by atoms with Crippen LogP contribution in [0.2, 0.25) is 0 Å². The summed E-state index contributed by atoms with van der Waals surface area (Å²) in [6.07, 6.45) is 7.00. The molecule has 0 bridgehead atoms. The minimum atomic E-state index is 0.730. The van der Waals surface area contributed by atoms with E-state index in [1.54, 1.807) is 16.9 Å². The van der Waals surface area contributed by atoms with Gasteiger partial charge in [0.25, 0.3) is 0 Å². The predicted molar refractivity (Wildman–Crippen MR) is 113 cm³/mol. The monoisotopic (exact) mass is 366 g/mol. The minimum Gasteiger partial charge on any atom is -0.497 e. The molecular weight excluding hydrogens is 332 g/mol. The second-order valence-corrected chi connectivity index (χ2v) is 7.71. The van der Waals surface area contributed by atoms with E-state index < -0.39 is 0 Å². The highest BCUT2D eigenvalue weighted by Gasteiger charge is 2.25. The molecular formula is C24H34N2O+2. The number of methoxy groups -OCH3 is 1. The standard InChI is InChI=1S/C24H32N2O/c1-21(10-11-23-12-14-24(27-2)15-13-23)26-19-17-25(18-20-26)16-6-9-22-7-4-3-5-8-22/h3-9,12-15,21H,10-11,16-20H2,1-2H3/p+2/b9-6+/t21-/m1/s1. The van der Waals surface area contributed by atoms with Gasteiger partial charge in [-0.3, -0.25) is 0 Å². The molecule has 1 atom stereocenters. The molecule has 3 rings (SSSR count). The molecule has 144 valence electrons. The van der Waals surface area contributed by atoms with Gasteiger partial charge in [-0.15, -0.1) is 0 Å². The van der Waals surface area contributed by atoms with Crippen molar-refractivity contribution in [3.05, 3.63) is 71.8 Å². The lowest BCUT2D eigenvalue weighted by molar-refractivity contribution is -1.02. The summed E-state index contributed by atoms with van der Waals surface area (Å²) in [4.78, 5) is 3.49. The predicted octanol–water partition coefficient (Wildman–Crippen LogP) is 1.51. The zero-order chi connectivity index (χ0) is 18.9. The maximum absolute atomic E-state index is 5.24. The van der Waals surface area contributed by atoms with Crippen LogP contribution in [0.15, 0.2) is 60.7 Å². The fourth-order valence-electron chi connectivity index (χ4n) is 3.93.